The normalized spacial score (nSPS) is 10.7. The van der Waals surface area contributed by atoms with Gasteiger partial charge in [0.1, 0.15) is 10.7 Å². The van der Waals surface area contributed by atoms with Crippen molar-refractivity contribution in [3.63, 3.8) is 0 Å². The van der Waals surface area contributed by atoms with E-state index < -0.39 is 0 Å². The molecule has 0 saturated heterocycles. The third-order valence-corrected chi connectivity index (χ3v) is 3.53. The van der Waals surface area contributed by atoms with E-state index in [0.717, 1.165) is 10.6 Å². The second kappa shape index (κ2) is 4.47. The fourth-order valence-corrected chi connectivity index (χ4v) is 2.46. The van der Waals surface area contributed by atoms with Crippen LogP contribution in [0, 0.1) is 11.8 Å². The smallest absolute Gasteiger partial charge is 0.284 e. The summed E-state index contributed by atoms with van der Waals surface area (Å²) in [6.07, 6.45) is 0. The van der Waals surface area contributed by atoms with Crippen LogP contribution in [-0.2, 0) is 0 Å². The molecule has 2 aromatic heterocycles. The Morgan fingerprint density at radius 1 is 1.28 bits per heavy atom. The zero-order valence-electron chi connectivity index (χ0n) is 9.51. The molecular formula is C12H9N3OS2. The van der Waals surface area contributed by atoms with Gasteiger partial charge in [-0.1, -0.05) is 29.8 Å². The SMILES string of the molecule is Cc1ccc(-c2nc(-c3n[nH]c(=S)o3)cs2)cc1. The Labute approximate surface area is 112 Å². The molecular weight excluding hydrogens is 266 g/mol. The second-order valence-electron chi connectivity index (χ2n) is 3.82. The lowest BCUT2D eigenvalue weighted by Crippen LogP contribution is -1.80. The van der Waals surface area contributed by atoms with E-state index >= 15 is 0 Å². The molecule has 0 aliphatic carbocycles. The third-order valence-electron chi connectivity index (χ3n) is 2.46. The van der Waals surface area contributed by atoms with Crippen molar-refractivity contribution in [1.82, 2.24) is 15.2 Å². The molecule has 0 radical (unpaired) electrons. The first kappa shape index (κ1) is 11.3. The van der Waals surface area contributed by atoms with E-state index in [0.29, 0.717) is 11.6 Å². The number of nitrogens with one attached hydrogen (secondary N) is 1. The molecule has 1 N–H and O–H groups in total. The summed E-state index contributed by atoms with van der Waals surface area (Å²) in [5, 5.41) is 9.39. The van der Waals surface area contributed by atoms with Gasteiger partial charge in [-0.3, -0.25) is 0 Å². The number of H-pyrrole nitrogens is 1. The Bertz CT molecular complexity index is 724. The van der Waals surface area contributed by atoms with Crippen LogP contribution in [-0.4, -0.2) is 15.2 Å². The molecule has 0 bridgehead atoms. The molecule has 3 rings (SSSR count). The first-order chi connectivity index (χ1) is 8.72. The Morgan fingerprint density at radius 3 is 2.72 bits per heavy atom. The van der Waals surface area contributed by atoms with Gasteiger partial charge in [0.2, 0.25) is 0 Å². The second-order valence-corrected chi connectivity index (χ2v) is 5.05. The van der Waals surface area contributed by atoms with E-state index in [1.54, 1.807) is 11.3 Å². The Hall–Kier alpha value is -1.79. The minimum atomic E-state index is 0.259. The molecule has 0 atom stereocenters. The summed E-state index contributed by atoms with van der Waals surface area (Å²) in [5.74, 6) is 0.426. The van der Waals surface area contributed by atoms with Crippen molar-refractivity contribution in [2.45, 2.75) is 6.92 Å². The van der Waals surface area contributed by atoms with Crippen LogP contribution in [0.1, 0.15) is 5.56 Å². The van der Waals surface area contributed by atoms with Gasteiger partial charge in [-0.2, -0.15) is 0 Å². The van der Waals surface area contributed by atoms with Crippen molar-refractivity contribution >= 4 is 23.6 Å². The van der Waals surface area contributed by atoms with E-state index in [1.807, 2.05) is 5.38 Å². The highest BCUT2D eigenvalue weighted by Crippen LogP contribution is 2.28. The zero-order valence-corrected chi connectivity index (χ0v) is 11.1. The quantitative estimate of drug-likeness (QED) is 0.722. The van der Waals surface area contributed by atoms with Crippen molar-refractivity contribution in [2.75, 3.05) is 0 Å². The van der Waals surface area contributed by atoms with Crippen LogP contribution in [0.25, 0.3) is 22.2 Å². The van der Waals surface area contributed by atoms with Gasteiger partial charge in [0.05, 0.1) is 0 Å². The van der Waals surface area contributed by atoms with Gasteiger partial charge in [-0.15, -0.1) is 16.4 Å². The van der Waals surface area contributed by atoms with Crippen LogP contribution in [0.15, 0.2) is 34.1 Å². The molecule has 4 nitrogen and oxygen atoms in total. The maximum atomic E-state index is 5.23. The number of benzene rings is 1. The van der Waals surface area contributed by atoms with E-state index in [2.05, 4.69) is 46.4 Å². The van der Waals surface area contributed by atoms with Gasteiger partial charge in [0, 0.05) is 10.9 Å². The van der Waals surface area contributed by atoms with Gasteiger partial charge in [-0.25, -0.2) is 10.1 Å². The highest BCUT2D eigenvalue weighted by molar-refractivity contribution is 7.71. The van der Waals surface area contributed by atoms with Crippen molar-refractivity contribution in [2.24, 2.45) is 0 Å². The summed E-state index contributed by atoms with van der Waals surface area (Å²) in [5.41, 5.74) is 3.02. The predicted octanol–water partition coefficient (Wildman–Crippen LogP) is 3.83. The first-order valence-electron chi connectivity index (χ1n) is 5.31. The minimum Gasteiger partial charge on any atom is -0.408 e. The maximum Gasteiger partial charge on any atom is 0.284 e. The highest BCUT2D eigenvalue weighted by atomic mass is 32.1. The molecule has 18 heavy (non-hydrogen) atoms. The fourth-order valence-electron chi connectivity index (χ4n) is 1.54. The molecule has 0 saturated carbocycles. The van der Waals surface area contributed by atoms with Crippen LogP contribution in [0.4, 0.5) is 0 Å². The fraction of sp³-hybridized carbons (Fsp3) is 0.0833. The predicted molar refractivity (Wildman–Crippen MR) is 73.0 cm³/mol. The van der Waals surface area contributed by atoms with Gasteiger partial charge >= 0.3 is 0 Å². The molecule has 0 aliphatic heterocycles. The van der Waals surface area contributed by atoms with E-state index in [4.69, 9.17) is 16.6 Å². The van der Waals surface area contributed by atoms with Crippen LogP contribution < -0.4 is 0 Å². The number of rotatable bonds is 2. The Morgan fingerprint density at radius 2 is 2.06 bits per heavy atom. The lowest BCUT2D eigenvalue weighted by molar-refractivity contribution is 0.550. The van der Waals surface area contributed by atoms with Crippen LogP contribution in [0.2, 0.25) is 0 Å². The molecule has 0 aliphatic rings. The number of aromatic amines is 1. The van der Waals surface area contributed by atoms with Gasteiger partial charge in [-0.05, 0) is 19.1 Å². The van der Waals surface area contributed by atoms with Crippen LogP contribution in [0.5, 0.6) is 0 Å². The molecule has 0 fully saturated rings. The first-order valence-corrected chi connectivity index (χ1v) is 6.59. The summed E-state index contributed by atoms with van der Waals surface area (Å²) in [6, 6.07) is 8.24. The lowest BCUT2D eigenvalue weighted by Gasteiger charge is -1.96. The molecule has 2 heterocycles. The maximum absolute atomic E-state index is 5.23. The van der Waals surface area contributed by atoms with Crippen molar-refractivity contribution in [1.29, 1.82) is 0 Å². The molecule has 6 heteroatoms. The van der Waals surface area contributed by atoms with Gasteiger partial charge in [0.25, 0.3) is 10.7 Å². The van der Waals surface area contributed by atoms with E-state index in [-0.39, 0.29) is 4.84 Å². The molecule has 3 aromatic rings. The summed E-state index contributed by atoms with van der Waals surface area (Å²) >= 11 is 6.39. The minimum absolute atomic E-state index is 0.259. The third kappa shape index (κ3) is 2.12. The summed E-state index contributed by atoms with van der Waals surface area (Å²) in [4.78, 5) is 4.75. The average Bonchev–Trinajstić information content (AvgIpc) is 2.98. The van der Waals surface area contributed by atoms with E-state index in [9.17, 15) is 0 Å². The Kier molecular flexibility index (Phi) is 2.81. The zero-order chi connectivity index (χ0) is 12.5. The molecule has 90 valence electrons. The molecule has 1 aromatic carbocycles. The number of thiazole rings is 1. The summed E-state index contributed by atoms with van der Waals surface area (Å²) in [6.45, 7) is 2.06. The number of hydrogen-bond donors (Lipinski definition) is 1. The average molecular weight is 275 g/mol. The molecule has 0 amide bonds. The molecule has 0 spiro atoms. The number of hydrogen-bond acceptors (Lipinski definition) is 5. The van der Waals surface area contributed by atoms with Crippen molar-refractivity contribution in [3.8, 4) is 22.2 Å². The van der Waals surface area contributed by atoms with Crippen LogP contribution >= 0.6 is 23.6 Å². The standard InChI is InChI=1S/C12H9N3OS2/c1-7-2-4-8(5-3-7)11-13-9(6-18-11)10-14-15-12(17)16-10/h2-6H,1H3,(H,15,17). The largest absolute Gasteiger partial charge is 0.408 e. The van der Waals surface area contributed by atoms with E-state index in [1.165, 1.54) is 5.56 Å². The number of aryl methyl sites for hydroxylation is 1. The van der Waals surface area contributed by atoms with Crippen molar-refractivity contribution < 1.29 is 4.42 Å². The van der Waals surface area contributed by atoms with Gasteiger partial charge in [0.15, 0.2) is 0 Å². The van der Waals surface area contributed by atoms with Crippen LogP contribution in [0.3, 0.4) is 0 Å². The topological polar surface area (TPSA) is 54.7 Å². The lowest BCUT2D eigenvalue weighted by atomic mass is 10.2. The van der Waals surface area contributed by atoms with Gasteiger partial charge < -0.3 is 4.42 Å². The molecule has 0 unspecified atom stereocenters. The summed E-state index contributed by atoms with van der Waals surface area (Å²) < 4.78 is 5.23. The highest BCUT2D eigenvalue weighted by Gasteiger charge is 2.10. The Balaban J connectivity index is 1.98. The number of aromatic nitrogens is 3. The number of nitrogens with zero attached hydrogens (tertiary/aromatic N) is 2. The monoisotopic (exact) mass is 275 g/mol. The van der Waals surface area contributed by atoms with Crippen molar-refractivity contribution in [3.05, 3.63) is 40.0 Å². The summed E-state index contributed by atoms with van der Waals surface area (Å²) in [7, 11) is 0.